The van der Waals surface area contributed by atoms with Crippen LogP contribution in [0.3, 0.4) is 0 Å². The fourth-order valence-electron chi connectivity index (χ4n) is 3.43. The Morgan fingerprint density at radius 2 is 2.00 bits per heavy atom. The highest BCUT2D eigenvalue weighted by Gasteiger charge is 2.33. The van der Waals surface area contributed by atoms with Crippen LogP contribution in [-0.2, 0) is 9.59 Å². The number of aryl methyl sites for hydroxylation is 1. The average Bonchev–Trinajstić information content (AvgIpc) is 3.34. The molecule has 31 heavy (non-hydrogen) atoms. The van der Waals surface area contributed by atoms with Crippen molar-refractivity contribution in [3.63, 3.8) is 0 Å². The molecule has 1 aromatic carbocycles. The fraction of sp³-hybridized carbons (Fsp3) is 0.381. The summed E-state index contributed by atoms with van der Waals surface area (Å²) in [4.78, 5) is 47.7. The lowest BCUT2D eigenvalue weighted by molar-refractivity contribution is -0.121. The summed E-state index contributed by atoms with van der Waals surface area (Å²) in [6.45, 7) is 3.68. The van der Waals surface area contributed by atoms with Crippen molar-refractivity contribution < 1.29 is 14.4 Å². The normalized spacial score (nSPS) is 18.6. The SMILES string of the molecule is Cc1csc(NC(=O)c2cccc(NC(=O)CC3SC(N4CCCCC4)=NC3=O)c2)n1. The molecule has 1 unspecified atom stereocenters. The van der Waals surface area contributed by atoms with Crippen LogP contribution in [0.5, 0.6) is 0 Å². The van der Waals surface area contributed by atoms with Gasteiger partial charge in [-0.25, -0.2) is 4.98 Å². The van der Waals surface area contributed by atoms with Crippen LogP contribution < -0.4 is 10.6 Å². The van der Waals surface area contributed by atoms with E-state index in [-0.39, 0.29) is 24.1 Å². The number of nitrogens with zero attached hydrogens (tertiary/aromatic N) is 3. The Balaban J connectivity index is 1.32. The average molecular weight is 458 g/mol. The van der Waals surface area contributed by atoms with Gasteiger partial charge in [-0.1, -0.05) is 17.8 Å². The molecule has 0 spiro atoms. The maximum atomic E-state index is 12.5. The van der Waals surface area contributed by atoms with Crippen LogP contribution in [0, 0.1) is 6.92 Å². The molecule has 0 bridgehead atoms. The number of anilines is 2. The summed E-state index contributed by atoms with van der Waals surface area (Å²) in [6.07, 6.45) is 3.45. The van der Waals surface area contributed by atoms with Crippen LogP contribution in [-0.4, -0.2) is 51.1 Å². The van der Waals surface area contributed by atoms with E-state index >= 15 is 0 Å². The van der Waals surface area contributed by atoms with Crippen molar-refractivity contribution in [2.45, 2.75) is 37.9 Å². The Morgan fingerprint density at radius 3 is 2.74 bits per heavy atom. The number of thiazole rings is 1. The van der Waals surface area contributed by atoms with Gasteiger partial charge in [-0.15, -0.1) is 11.3 Å². The van der Waals surface area contributed by atoms with E-state index in [2.05, 4.69) is 25.5 Å². The van der Waals surface area contributed by atoms with E-state index in [0.717, 1.165) is 36.8 Å². The van der Waals surface area contributed by atoms with Gasteiger partial charge in [0.2, 0.25) is 5.91 Å². The second-order valence-corrected chi connectivity index (χ2v) is 9.50. The lowest BCUT2D eigenvalue weighted by Crippen LogP contribution is -2.33. The van der Waals surface area contributed by atoms with Crippen molar-refractivity contribution in [3.8, 4) is 0 Å². The molecular weight excluding hydrogens is 434 g/mol. The summed E-state index contributed by atoms with van der Waals surface area (Å²) in [5, 5.41) is 8.15. The monoisotopic (exact) mass is 457 g/mol. The third-order valence-corrected chi connectivity index (χ3v) is 7.06. The molecule has 8 nitrogen and oxygen atoms in total. The van der Waals surface area contributed by atoms with Crippen LogP contribution in [0.25, 0.3) is 0 Å². The largest absolute Gasteiger partial charge is 0.351 e. The lowest BCUT2D eigenvalue weighted by Gasteiger charge is -2.27. The third kappa shape index (κ3) is 5.50. The van der Waals surface area contributed by atoms with E-state index in [9.17, 15) is 14.4 Å². The number of carbonyl (C=O) groups is 3. The minimum absolute atomic E-state index is 0.0408. The first-order chi connectivity index (χ1) is 15.0. The summed E-state index contributed by atoms with van der Waals surface area (Å²) in [5.41, 5.74) is 1.75. The molecule has 3 amide bonds. The highest BCUT2D eigenvalue weighted by molar-refractivity contribution is 8.15. The number of nitrogens with one attached hydrogen (secondary N) is 2. The van der Waals surface area contributed by atoms with Crippen molar-refractivity contribution in [2.24, 2.45) is 4.99 Å². The van der Waals surface area contributed by atoms with E-state index in [1.165, 1.54) is 29.5 Å². The molecular formula is C21H23N5O3S2. The number of thioether (sulfide) groups is 1. The molecule has 0 radical (unpaired) electrons. The van der Waals surface area contributed by atoms with Crippen molar-refractivity contribution in [2.75, 3.05) is 23.7 Å². The number of hydrogen-bond acceptors (Lipinski definition) is 7. The van der Waals surface area contributed by atoms with Crippen LogP contribution in [0.4, 0.5) is 10.8 Å². The molecule has 2 aliphatic rings. The van der Waals surface area contributed by atoms with Crippen LogP contribution >= 0.6 is 23.1 Å². The van der Waals surface area contributed by atoms with E-state index in [0.29, 0.717) is 16.4 Å². The Labute approximate surface area is 188 Å². The van der Waals surface area contributed by atoms with Gasteiger partial charge in [-0.05, 0) is 44.4 Å². The predicted octanol–water partition coefficient (Wildman–Crippen LogP) is 3.52. The van der Waals surface area contributed by atoms with Gasteiger partial charge >= 0.3 is 0 Å². The zero-order chi connectivity index (χ0) is 21.8. The number of carbonyl (C=O) groups excluding carboxylic acids is 3. The standard InChI is InChI=1S/C21H23N5O3S2/c1-13-12-30-20(22-13)24-18(28)14-6-5-7-15(10-14)23-17(27)11-16-19(29)25-21(31-16)26-8-3-2-4-9-26/h5-7,10,12,16H,2-4,8-9,11H2,1H3,(H,23,27)(H,22,24,28). The second-order valence-electron chi connectivity index (χ2n) is 7.47. The minimum Gasteiger partial charge on any atom is -0.351 e. The first-order valence-electron chi connectivity index (χ1n) is 10.2. The Morgan fingerprint density at radius 1 is 1.19 bits per heavy atom. The topological polar surface area (TPSA) is 104 Å². The summed E-state index contributed by atoms with van der Waals surface area (Å²) in [5.74, 6) is -0.840. The number of rotatable bonds is 5. The maximum Gasteiger partial charge on any atom is 0.262 e. The van der Waals surface area contributed by atoms with Gasteiger partial charge in [0.15, 0.2) is 10.3 Å². The number of amides is 3. The second kappa shape index (κ2) is 9.61. The number of hydrogen-bond donors (Lipinski definition) is 2. The molecule has 1 aromatic heterocycles. The van der Waals surface area contributed by atoms with Crippen molar-refractivity contribution in [1.29, 1.82) is 0 Å². The molecule has 2 N–H and O–H groups in total. The Hall–Kier alpha value is -2.72. The molecule has 2 aromatic rings. The van der Waals surface area contributed by atoms with Gasteiger partial charge in [-0.2, -0.15) is 4.99 Å². The molecule has 10 heteroatoms. The van der Waals surface area contributed by atoms with Gasteiger partial charge in [0.1, 0.15) is 5.25 Å². The number of piperidine rings is 1. The highest BCUT2D eigenvalue weighted by Crippen LogP contribution is 2.29. The van der Waals surface area contributed by atoms with E-state index < -0.39 is 5.25 Å². The van der Waals surface area contributed by atoms with Crippen LogP contribution in [0.15, 0.2) is 34.6 Å². The molecule has 1 saturated heterocycles. The summed E-state index contributed by atoms with van der Waals surface area (Å²) < 4.78 is 0. The summed E-state index contributed by atoms with van der Waals surface area (Å²) >= 11 is 2.73. The maximum absolute atomic E-state index is 12.5. The van der Waals surface area contributed by atoms with Crippen LogP contribution in [0.1, 0.15) is 41.7 Å². The number of aromatic nitrogens is 1. The quantitative estimate of drug-likeness (QED) is 0.712. The zero-order valence-corrected chi connectivity index (χ0v) is 18.7. The molecule has 0 aliphatic carbocycles. The minimum atomic E-state index is -0.503. The third-order valence-electron chi connectivity index (χ3n) is 4.97. The summed E-state index contributed by atoms with van der Waals surface area (Å²) in [6, 6.07) is 6.68. The molecule has 162 valence electrons. The van der Waals surface area contributed by atoms with Crippen LogP contribution in [0.2, 0.25) is 0 Å². The van der Waals surface area contributed by atoms with E-state index in [4.69, 9.17) is 0 Å². The molecule has 3 heterocycles. The zero-order valence-electron chi connectivity index (χ0n) is 17.1. The predicted molar refractivity (Wildman–Crippen MR) is 124 cm³/mol. The first kappa shape index (κ1) is 21.5. The molecule has 1 fully saturated rings. The van der Waals surface area contributed by atoms with E-state index in [1.807, 2.05) is 12.3 Å². The number of aliphatic imine (C=N–C) groups is 1. The van der Waals surface area contributed by atoms with Crippen molar-refractivity contribution in [1.82, 2.24) is 9.88 Å². The smallest absolute Gasteiger partial charge is 0.262 e. The number of amidine groups is 1. The van der Waals surface area contributed by atoms with Gasteiger partial charge in [0, 0.05) is 36.1 Å². The molecule has 1 atom stereocenters. The fourth-order valence-corrected chi connectivity index (χ4v) is 5.23. The van der Waals surface area contributed by atoms with Gasteiger partial charge in [-0.3, -0.25) is 19.7 Å². The molecule has 2 aliphatic heterocycles. The van der Waals surface area contributed by atoms with E-state index in [1.54, 1.807) is 24.3 Å². The van der Waals surface area contributed by atoms with Gasteiger partial charge in [0.05, 0.1) is 5.69 Å². The van der Waals surface area contributed by atoms with Gasteiger partial charge < -0.3 is 10.2 Å². The Bertz CT molecular complexity index is 1030. The van der Waals surface area contributed by atoms with Gasteiger partial charge in [0.25, 0.3) is 11.8 Å². The first-order valence-corrected chi connectivity index (χ1v) is 11.9. The number of likely N-dealkylation sites (tertiary alicyclic amines) is 1. The summed E-state index contributed by atoms with van der Waals surface area (Å²) in [7, 11) is 0. The lowest BCUT2D eigenvalue weighted by atomic mass is 10.1. The highest BCUT2D eigenvalue weighted by atomic mass is 32.2. The number of benzene rings is 1. The Kier molecular flexibility index (Phi) is 6.67. The van der Waals surface area contributed by atoms with Crippen molar-refractivity contribution in [3.05, 3.63) is 40.9 Å². The molecule has 0 saturated carbocycles. The van der Waals surface area contributed by atoms with Crippen molar-refractivity contribution >= 4 is 56.8 Å². The molecule has 4 rings (SSSR count).